The molecule has 158 valence electrons. The Hall–Kier alpha value is -3.02. The number of carbonyl (C=O) groups is 1. The third kappa shape index (κ3) is 4.84. The van der Waals surface area contributed by atoms with Crippen molar-refractivity contribution in [2.24, 2.45) is 0 Å². The molecular weight excluding hydrogens is 433 g/mol. The minimum absolute atomic E-state index is 0.445. The molecule has 31 heavy (non-hydrogen) atoms. The zero-order valence-electron chi connectivity index (χ0n) is 16.7. The van der Waals surface area contributed by atoms with Gasteiger partial charge in [-0.2, -0.15) is 0 Å². The highest BCUT2D eigenvalue weighted by atomic mass is 35.5. The lowest BCUT2D eigenvalue weighted by Gasteiger charge is -2.22. The Morgan fingerprint density at radius 1 is 0.839 bits per heavy atom. The average Bonchev–Trinajstić information content (AvgIpc) is 2.79. The van der Waals surface area contributed by atoms with Gasteiger partial charge in [0.05, 0.1) is 16.7 Å². The number of benzene rings is 3. The third-order valence-electron chi connectivity index (χ3n) is 4.94. The van der Waals surface area contributed by atoms with Crippen LogP contribution < -0.4 is 15.0 Å². The number of carbonyl (C=O) groups excluding carboxylic acids is 1. The van der Waals surface area contributed by atoms with Crippen molar-refractivity contribution in [1.29, 1.82) is 0 Å². The van der Waals surface area contributed by atoms with Gasteiger partial charge < -0.3 is 9.64 Å². The summed E-state index contributed by atoms with van der Waals surface area (Å²) in [7, 11) is 0. The third-order valence-corrected chi connectivity index (χ3v) is 5.27. The molecule has 1 heterocycles. The molecule has 0 radical (unpaired) electrons. The van der Waals surface area contributed by atoms with Gasteiger partial charge in [-0.05, 0) is 36.4 Å². The van der Waals surface area contributed by atoms with Crippen LogP contribution in [0, 0.1) is 0 Å². The topological polar surface area (TPSA) is 54.5 Å². The molecule has 1 N–H and O–H groups in total. The first-order valence-corrected chi connectivity index (χ1v) is 11.0. The van der Waals surface area contributed by atoms with Crippen molar-refractivity contribution in [2.75, 3.05) is 35.1 Å². The predicted octanol–water partition coefficient (Wildman–Crippen LogP) is 6.28. The van der Waals surface area contributed by atoms with Crippen LogP contribution >= 0.6 is 23.2 Å². The van der Waals surface area contributed by atoms with Crippen LogP contribution in [0.5, 0.6) is 5.75 Å². The van der Waals surface area contributed by atoms with Gasteiger partial charge in [0.15, 0.2) is 0 Å². The monoisotopic (exact) mass is 453 g/mol. The summed E-state index contributed by atoms with van der Waals surface area (Å²) in [6.45, 7) is 1.38. The second kappa shape index (κ2) is 9.86. The van der Waals surface area contributed by atoms with E-state index in [1.165, 1.54) is 0 Å². The highest BCUT2D eigenvalue weighted by molar-refractivity contribution is 6.18. The van der Waals surface area contributed by atoms with Crippen LogP contribution in [0.1, 0.15) is 0 Å². The van der Waals surface area contributed by atoms with Gasteiger partial charge >= 0.3 is 6.09 Å². The molecule has 0 unspecified atom stereocenters. The predicted molar refractivity (Wildman–Crippen MR) is 129 cm³/mol. The second-order valence-electron chi connectivity index (χ2n) is 6.89. The van der Waals surface area contributed by atoms with E-state index in [1.54, 1.807) is 12.1 Å². The number of hydrogen-bond donors (Lipinski definition) is 1. The molecule has 0 spiro atoms. The maximum atomic E-state index is 12.7. The number of hydrogen-bond acceptors (Lipinski definition) is 4. The molecule has 4 aromatic rings. The SMILES string of the molecule is O=C(Nc1c2ccccc2nc2ccccc12)Oc1ccc(N(CCCl)CCCl)cc1. The lowest BCUT2D eigenvalue weighted by Crippen LogP contribution is -2.27. The van der Waals surface area contributed by atoms with Crippen LogP contribution in [-0.2, 0) is 0 Å². The molecule has 0 aliphatic carbocycles. The second-order valence-corrected chi connectivity index (χ2v) is 7.65. The quantitative estimate of drug-likeness (QED) is 0.264. The molecule has 0 saturated heterocycles. The van der Waals surface area contributed by atoms with Crippen molar-refractivity contribution < 1.29 is 9.53 Å². The summed E-state index contributed by atoms with van der Waals surface area (Å²) in [6.07, 6.45) is -0.562. The van der Waals surface area contributed by atoms with Crippen LogP contribution in [0.4, 0.5) is 16.2 Å². The molecule has 5 nitrogen and oxygen atoms in total. The molecule has 0 aliphatic heterocycles. The number of anilines is 2. The molecule has 0 atom stereocenters. The number of alkyl halides is 2. The lowest BCUT2D eigenvalue weighted by atomic mass is 10.1. The van der Waals surface area contributed by atoms with Gasteiger partial charge in [0.25, 0.3) is 0 Å². The minimum atomic E-state index is -0.562. The first-order valence-electron chi connectivity index (χ1n) is 9.93. The highest BCUT2D eigenvalue weighted by Gasteiger charge is 2.13. The fourth-order valence-electron chi connectivity index (χ4n) is 3.51. The Bertz CT molecular complexity index is 1140. The maximum Gasteiger partial charge on any atom is 0.417 e. The minimum Gasteiger partial charge on any atom is -0.410 e. The van der Waals surface area contributed by atoms with Gasteiger partial charge in [0, 0.05) is 41.3 Å². The molecule has 0 bridgehead atoms. The summed E-state index contributed by atoms with van der Waals surface area (Å²) < 4.78 is 5.53. The van der Waals surface area contributed by atoms with E-state index in [2.05, 4.69) is 15.2 Å². The number of nitrogens with zero attached hydrogens (tertiary/aromatic N) is 2. The van der Waals surface area contributed by atoms with Crippen molar-refractivity contribution in [3.05, 3.63) is 72.8 Å². The van der Waals surface area contributed by atoms with E-state index in [4.69, 9.17) is 27.9 Å². The van der Waals surface area contributed by atoms with E-state index in [0.29, 0.717) is 36.3 Å². The smallest absolute Gasteiger partial charge is 0.410 e. The number of fused-ring (bicyclic) bond motifs is 2. The Morgan fingerprint density at radius 3 is 1.94 bits per heavy atom. The largest absolute Gasteiger partial charge is 0.417 e. The molecule has 4 rings (SSSR count). The summed E-state index contributed by atoms with van der Waals surface area (Å²) in [4.78, 5) is 19.4. The fraction of sp³-hybridized carbons (Fsp3) is 0.167. The van der Waals surface area contributed by atoms with E-state index in [1.807, 2.05) is 60.7 Å². The molecular formula is C24H21Cl2N3O2. The first kappa shape index (κ1) is 21.2. The highest BCUT2D eigenvalue weighted by Crippen LogP contribution is 2.31. The Balaban J connectivity index is 1.56. The van der Waals surface area contributed by atoms with Gasteiger partial charge in [0.1, 0.15) is 5.75 Å². The van der Waals surface area contributed by atoms with E-state index < -0.39 is 6.09 Å². The van der Waals surface area contributed by atoms with Gasteiger partial charge in [0.2, 0.25) is 0 Å². The van der Waals surface area contributed by atoms with Gasteiger partial charge in [-0.25, -0.2) is 9.78 Å². The van der Waals surface area contributed by atoms with Gasteiger partial charge in [-0.1, -0.05) is 36.4 Å². The van der Waals surface area contributed by atoms with Crippen molar-refractivity contribution in [3.63, 3.8) is 0 Å². The Morgan fingerprint density at radius 2 is 1.39 bits per heavy atom. The van der Waals surface area contributed by atoms with Crippen molar-refractivity contribution in [2.45, 2.75) is 0 Å². The van der Waals surface area contributed by atoms with Crippen LogP contribution in [0.25, 0.3) is 21.8 Å². The molecule has 3 aromatic carbocycles. The number of ether oxygens (including phenoxy) is 1. The van der Waals surface area contributed by atoms with E-state index >= 15 is 0 Å². The standard InChI is InChI=1S/C24H21Cl2N3O2/c25-13-15-29(16-14-26)17-9-11-18(12-10-17)31-24(30)28-23-19-5-1-3-7-21(19)27-22-8-4-2-6-20(22)23/h1-12H,13-16H2,(H,27,28,30). The normalized spacial score (nSPS) is 10.9. The summed E-state index contributed by atoms with van der Waals surface area (Å²) in [6, 6.07) is 22.7. The molecule has 7 heteroatoms. The maximum absolute atomic E-state index is 12.7. The fourth-order valence-corrected chi connectivity index (χ4v) is 3.92. The lowest BCUT2D eigenvalue weighted by molar-refractivity contribution is 0.215. The van der Waals surface area contributed by atoms with Crippen LogP contribution in [0.15, 0.2) is 72.8 Å². The summed E-state index contributed by atoms with van der Waals surface area (Å²) in [5.74, 6) is 1.46. The molecule has 0 aliphatic rings. The van der Waals surface area contributed by atoms with Crippen molar-refractivity contribution in [1.82, 2.24) is 4.98 Å². The Labute approximate surface area is 190 Å². The molecule has 1 aromatic heterocycles. The number of amides is 1. The van der Waals surface area contributed by atoms with Crippen LogP contribution in [-0.4, -0.2) is 35.9 Å². The number of halogens is 2. The first-order chi connectivity index (χ1) is 15.2. The van der Waals surface area contributed by atoms with E-state index in [9.17, 15) is 4.79 Å². The Kier molecular flexibility index (Phi) is 6.75. The number of pyridine rings is 1. The summed E-state index contributed by atoms with van der Waals surface area (Å²) in [5.41, 5.74) is 3.26. The van der Waals surface area contributed by atoms with Gasteiger partial charge in [-0.15, -0.1) is 23.2 Å². The number of para-hydroxylation sites is 2. The van der Waals surface area contributed by atoms with Crippen molar-refractivity contribution >= 4 is 62.5 Å². The molecule has 1 amide bonds. The molecule has 0 fully saturated rings. The zero-order chi connectivity index (χ0) is 21.6. The summed E-state index contributed by atoms with van der Waals surface area (Å²) in [5, 5.41) is 4.61. The van der Waals surface area contributed by atoms with Gasteiger partial charge in [-0.3, -0.25) is 5.32 Å². The average molecular weight is 454 g/mol. The molecule has 0 saturated carbocycles. The van der Waals surface area contributed by atoms with Crippen LogP contribution in [0.2, 0.25) is 0 Å². The van der Waals surface area contributed by atoms with Crippen LogP contribution in [0.3, 0.4) is 0 Å². The summed E-state index contributed by atoms with van der Waals surface area (Å²) >= 11 is 11.8. The number of rotatable bonds is 7. The number of nitrogens with one attached hydrogen (secondary N) is 1. The number of aromatic nitrogens is 1. The van der Waals surface area contributed by atoms with E-state index in [-0.39, 0.29) is 0 Å². The van der Waals surface area contributed by atoms with Crippen molar-refractivity contribution in [3.8, 4) is 5.75 Å². The van der Waals surface area contributed by atoms with E-state index in [0.717, 1.165) is 27.5 Å². The zero-order valence-corrected chi connectivity index (χ0v) is 18.2.